The molecule has 0 aliphatic heterocycles. The summed E-state index contributed by atoms with van der Waals surface area (Å²) < 4.78 is 15.9. The van der Waals surface area contributed by atoms with Gasteiger partial charge in [0.05, 0.1) is 5.69 Å². The highest BCUT2D eigenvalue weighted by Crippen LogP contribution is 2.20. The zero-order valence-corrected chi connectivity index (χ0v) is 16.6. The van der Waals surface area contributed by atoms with Crippen molar-refractivity contribution in [2.45, 2.75) is 32.7 Å². The molecule has 29 heavy (non-hydrogen) atoms. The standard InChI is InChI=1S/C20H26FN7O/c1-12(2)17-8-14-11-28(20(29)27-18(14)26-17)15-5-4-13(16(21)9-15)10-24-6-3-7-25-19(22)23/h4-5,8-9,11-12,24H,3,6-7,10H2,1-2H3,(H4,22,23,25)(H,26,27,29). The monoisotopic (exact) mass is 399 g/mol. The van der Waals surface area contributed by atoms with Gasteiger partial charge in [-0.3, -0.25) is 9.56 Å². The minimum absolute atomic E-state index is 0.0645. The van der Waals surface area contributed by atoms with E-state index in [0.29, 0.717) is 36.5 Å². The van der Waals surface area contributed by atoms with Gasteiger partial charge < -0.3 is 21.8 Å². The Bertz CT molecular complexity index is 1080. The fourth-order valence-corrected chi connectivity index (χ4v) is 2.98. The van der Waals surface area contributed by atoms with E-state index in [1.165, 1.54) is 10.6 Å². The first kappa shape index (κ1) is 20.5. The van der Waals surface area contributed by atoms with Crippen LogP contribution < -0.4 is 22.5 Å². The number of hydrogen-bond donors (Lipinski definition) is 4. The SMILES string of the molecule is CC(C)c1cc2cn(-c3ccc(CNCCCN=C(N)N)c(F)c3)c(=O)nc2[nH]1. The summed E-state index contributed by atoms with van der Waals surface area (Å²) in [6.07, 6.45) is 2.43. The van der Waals surface area contributed by atoms with Gasteiger partial charge in [-0.25, -0.2) is 9.18 Å². The number of benzene rings is 1. The number of fused-ring (bicyclic) bond motifs is 1. The maximum absolute atomic E-state index is 14.5. The van der Waals surface area contributed by atoms with Gasteiger partial charge in [-0.1, -0.05) is 19.9 Å². The zero-order valence-electron chi connectivity index (χ0n) is 16.6. The molecule has 6 N–H and O–H groups in total. The molecule has 2 aromatic heterocycles. The lowest BCUT2D eigenvalue weighted by atomic mass is 10.1. The van der Waals surface area contributed by atoms with Crippen molar-refractivity contribution in [3.63, 3.8) is 0 Å². The Morgan fingerprint density at radius 2 is 2.14 bits per heavy atom. The van der Waals surface area contributed by atoms with Crippen molar-refractivity contribution < 1.29 is 4.39 Å². The van der Waals surface area contributed by atoms with Crippen LogP contribution in [0.3, 0.4) is 0 Å². The van der Waals surface area contributed by atoms with Gasteiger partial charge in [-0.15, -0.1) is 0 Å². The Labute approximate surface area is 167 Å². The molecule has 2 heterocycles. The molecule has 0 bridgehead atoms. The van der Waals surface area contributed by atoms with E-state index in [2.05, 4.69) is 34.1 Å². The van der Waals surface area contributed by atoms with Gasteiger partial charge in [-0.05, 0) is 37.1 Å². The van der Waals surface area contributed by atoms with Gasteiger partial charge in [0.25, 0.3) is 0 Å². The molecule has 0 amide bonds. The molecule has 0 atom stereocenters. The van der Waals surface area contributed by atoms with Crippen molar-refractivity contribution >= 4 is 17.0 Å². The number of aromatic nitrogens is 3. The second-order valence-electron chi connectivity index (χ2n) is 7.19. The summed E-state index contributed by atoms with van der Waals surface area (Å²) in [4.78, 5) is 23.5. The quantitative estimate of drug-likeness (QED) is 0.261. The first-order valence-corrected chi connectivity index (χ1v) is 9.52. The largest absolute Gasteiger partial charge is 0.370 e. The number of nitrogens with two attached hydrogens (primary N) is 2. The second kappa shape index (κ2) is 8.87. The Morgan fingerprint density at radius 1 is 1.34 bits per heavy atom. The number of H-pyrrole nitrogens is 1. The van der Waals surface area contributed by atoms with Crippen LogP contribution in [0.1, 0.15) is 37.4 Å². The molecule has 0 fully saturated rings. The molecule has 0 unspecified atom stereocenters. The first-order chi connectivity index (χ1) is 13.8. The van der Waals surface area contributed by atoms with Crippen LogP contribution in [0.15, 0.2) is 40.2 Å². The molecule has 8 nitrogen and oxygen atoms in total. The minimum atomic E-state index is -0.459. The summed E-state index contributed by atoms with van der Waals surface area (Å²) in [6, 6.07) is 6.69. The predicted molar refractivity (Wildman–Crippen MR) is 113 cm³/mol. The number of hydrogen-bond acceptors (Lipinski definition) is 4. The number of guanidine groups is 1. The summed E-state index contributed by atoms with van der Waals surface area (Å²) in [6.45, 7) is 5.66. The highest BCUT2D eigenvalue weighted by Gasteiger charge is 2.11. The van der Waals surface area contributed by atoms with Crippen LogP contribution in [0, 0.1) is 5.82 Å². The van der Waals surface area contributed by atoms with Gasteiger partial charge in [0, 0.05) is 35.9 Å². The molecule has 1 aromatic carbocycles. The number of nitrogens with zero attached hydrogens (tertiary/aromatic N) is 3. The third-order valence-electron chi connectivity index (χ3n) is 4.59. The molecule has 9 heteroatoms. The van der Waals surface area contributed by atoms with E-state index < -0.39 is 5.69 Å². The average Bonchev–Trinajstić information content (AvgIpc) is 3.08. The number of halogens is 1. The summed E-state index contributed by atoms with van der Waals surface area (Å²) in [5, 5.41) is 3.95. The first-order valence-electron chi connectivity index (χ1n) is 9.52. The number of aliphatic imine (C=N–C) groups is 1. The van der Waals surface area contributed by atoms with E-state index >= 15 is 0 Å². The van der Waals surface area contributed by atoms with E-state index in [1.54, 1.807) is 18.3 Å². The van der Waals surface area contributed by atoms with Crippen LogP contribution in [0.5, 0.6) is 0 Å². The number of aromatic amines is 1. The lowest BCUT2D eigenvalue weighted by Crippen LogP contribution is -2.23. The Kier molecular flexibility index (Phi) is 6.28. The molecular weight excluding hydrogens is 373 g/mol. The highest BCUT2D eigenvalue weighted by atomic mass is 19.1. The molecule has 0 saturated heterocycles. The number of rotatable bonds is 8. The normalized spacial score (nSPS) is 11.3. The van der Waals surface area contributed by atoms with E-state index in [-0.39, 0.29) is 17.7 Å². The van der Waals surface area contributed by atoms with Crippen molar-refractivity contribution in [1.29, 1.82) is 0 Å². The summed E-state index contributed by atoms with van der Waals surface area (Å²) in [5.41, 5.74) is 12.6. The van der Waals surface area contributed by atoms with Crippen LogP contribution >= 0.6 is 0 Å². The molecule has 3 rings (SSSR count). The van der Waals surface area contributed by atoms with Gasteiger partial charge in [0.2, 0.25) is 0 Å². The van der Waals surface area contributed by atoms with Crippen LogP contribution in [0.4, 0.5) is 4.39 Å². The van der Waals surface area contributed by atoms with Crippen molar-refractivity contribution in [2.75, 3.05) is 13.1 Å². The van der Waals surface area contributed by atoms with Gasteiger partial charge in [-0.2, -0.15) is 4.98 Å². The molecule has 0 spiro atoms. The summed E-state index contributed by atoms with van der Waals surface area (Å²) >= 11 is 0. The third-order valence-corrected chi connectivity index (χ3v) is 4.59. The summed E-state index contributed by atoms with van der Waals surface area (Å²) in [5.74, 6) is -0.0331. The van der Waals surface area contributed by atoms with Crippen molar-refractivity contribution in [2.24, 2.45) is 16.5 Å². The Hall–Kier alpha value is -3.20. The van der Waals surface area contributed by atoms with Crippen LogP contribution in [0.25, 0.3) is 16.7 Å². The van der Waals surface area contributed by atoms with E-state index in [1.807, 2.05) is 6.07 Å². The highest BCUT2D eigenvalue weighted by molar-refractivity contribution is 5.76. The zero-order chi connectivity index (χ0) is 21.0. The summed E-state index contributed by atoms with van der Waals surface area (Å²) in [7, 11) is 0. The van der Waals surface area contributed by atoms with Crippen LogP contribution in [0.2, 0.25) is 0 Å². The Morgan fingerprint density at radius 3 is 2.83 bits per heavy atom. The smallest absolute Gasteiger partial charge is 0.354 e. The van der Waals surface area contributed by atoms with E-state index in [4.69, 9.17) is 11.5 Å². The topological polar surface area (TPSA) is 127 Å². The molecule has 0 radical (unpaired) electrons. The van der Waals surface area contributed by atoms with E-state index in [9.17, 15) is 9.18 Å². The van der Waals surface area contributed by atoms with Crippen molar-refractivity contribution in [1.82, 2.24) is 19.9 Å². The maximum Gasteiger partial charge on any atom is 0.354 e. The minimum Gasteiger partial charge on any atom is -0.370 e. The number of nitrogens with one attached hydrogen (secondary N) is 2. The van der Waals surface area contributed by atoms with Gasteiger partial charge >= 0.3 is 5.69 Å². The predicted octanol–water partition coefficient (Wildman–Crippen LogP) is 1.73. The van der Waals surface area contributed by atoms with Gasteiger partial charge in [0.15, 0.2) is 5.96 Å². The molecule has 154 valence electrons. The van der Waals surface area contributed by atoms with Crippen LogP contribution in [-0.2, 0) is 6.54 Å². The molecule has 0 saturated carbocycles. The molecule has 0 aliphatic carbocycles. The third kappa shape index (κ3) is 5.00. The molecular formula is C20H26FN7O. The van der Waals surface area contributed by atoms with Crippen molar-refractivity contribution in [3.8, 4) is 5.69 Å². The second-order valence-corrected chi connectivity index (χ2v) is 7.19. The lowest BCUT2D eigenvalue weighted by molar-refractivity contribution is 0.582. The van der Waals surface area contributed by atoms with Gasteiger partial charge in [0.1, 0.15) is 11.5 Å². The average molecular weight is 399 g/mol. The Balaban J connectivity index is 1.73. The fraction of sp³-hybridized carbons (Fsp3) is 0.350. The molecule has 3 aromatic rings. The fourth-order valence-electron chi connectivity index (χ4n) is 2.98. The van der Waals surface area contributed by atoms with E-state index in [0.717, 1.165) is 17.5 Å². The molecule has 0 aliphatic rings. The van der Waals surface area contributed by atoms with Crippen LogP contribution in [-0.4, -0.2) is 33.6 Å². The van der Waals surface area contributed by atoms with Crippen molar-refractivity contribution in [3.05, 3.63) is 58.0 Å². The maximum atomic E-state index is 14.5. The lowest BCUT2D eigenvalue weighted by Gasteiger charge is -2.09.